The molecule has 1 aliphatic rings. The molecule has 1 unspecified atom stereocenters. The van der Waals surface area contributed by atoms with E-state index in [1.165, 1.54) is 0 Å². The van der Waals surface area contributed by atoms with Crippen LogP contribution in [0.2, 0.25) is 5.02 Å². The number of rotatable bonds is 5. The van der Waals surface area contributed by atoms with Crippen LogP contribution in [-0.4, -0.2) is 43.9 Å². The summed E-state index contributed by atoms with van der Waals surface area (Å²) < 4.78 is 30.1. The molecule has 1 atom stereocenters. The van der Waals surface area contributed by atoms with E-state index in [0.717, 1.165) is 11.8 Å². The number of amides is 1. The average molecular weight is 337 g/mol. The fraction of sp³-hybridized carbons (Fsp3) is 0.462. The lowest BCUT2D eigenvalue weighted by molar-refractivity contribution is -0.128. The van der Waals surface area contributed by atoms with E-state index in [9.17, 15) is 13.6 Å². The second-order valence-corrected chi connectivity index (χ2v) is 5.81. The van der Waals surface area contributed by atoms with Gasteiger partial charge in [-0.25, -0.2) is 8.78 Å². The van der Waals surface area contributed by atoms with Crippen LogP contribution in [0.4, 0.5) is 14.5 Å². The molecule has 116 valence electrons. The quantitative estimate of drug-likeness (QED) is 0.812. The number of ether oxygens (including phenoxy) is 1. The van der Waals surface area contributed by atoms with Gasteiger partial charge in [-0.2, -0.15) is 0 Å². The number of carbonyl (C=O) groups is 1. The molecule has 1 aliphatic heterocycles. The highest BCUT2D eigenvalue weighted by Gasteiger charge is 2.23. The van der Waals surface area contributed by atoms with Gasteiger partial charge in [0, 0.05) is 18.0 Å². The molecule has 1 amide bonds. The summed E-state index contributed by atoms with van der Waals surface area (Å²) in [5.41, 5.74) is 0.423. The van der Waals surface area contributed by atoms with Gasteiger partial charge < -0.3 is 15.4 Å². The fourth-order valence-corrected chi connectivity index (χ4v) is 2.96. The number of anilines is 1. The lowest BCUT2D eigenvalue weighted by Gasteiger charge is -2.23. The second-order valence-electron chi connectivity index (χ2n) is 4.37. The van der Waals surface area contributed by atoms with Crippen LogP contribution in [0.5, 0.6) is 0 Å². The van der Waals surface area contributed by atoms with Crippen LogP contribution in [0.1, 0.15) is 0 Å². The van der Waals surface area contributed by atoms with Crippen molar-refractivity contribution in [2.75, 3.05) is 30.8 Å². The van der Waals surface area contributed by atoms with Crippen molar-refractivity contribution in [1.82, 2.24) is 5.32 Å². The van der Waals surface area contributed by atoms with E-state index in [4.69, 9.17) is 16.3 Å². The molecule has 0 aromatic heterocycles. The van der Waals surface area contributed by atoms with Crippen molar-refractivity contribution in [1.29, 1.82) is 0 Å². The standard InChI is InChI=1S/C13H15ClF2N2O2S/c14-8-2-1-3-9(12(8)21-7-11(15)16)18-13(19)10-6-17-4-5-20-10/h1-3,10-11,17H,4-7H2,(H,18,19). The minimum absolute atomic E-state index is 0.316. The first kappa shape index (κ1) is 16.5. The van der Waals surface area contributed by atoms with E-state index in [1.807, 2.05) is 0 Å². The number of benzene rings is 1. The Morgan fingerprint density at radius 3 is 3.05 bits per heavy atom. The Labute approximate surface area is 130 Å². The Hall–Kier alpha value is -0.890. The van der Waals surface area contributed by atoms with Crippen LogP contribution in [0.25, 0.3) is 0 Å². The van der Waals surface area contributed by atoms with Gasteiger partial charge in [0.15, 0.2) is 0 Å². The third-order valence-corrected chi connectivity index (χ3v) is 4.37. The third kappa shape index (κ3) is 4.81. The van der Waals surface area contributed by atoms with Gasteiger partial charge in [0.2, 0.25) is 6.43 Å². The molecule has 21 heavy (non-hydrogen) atoms. The Morgan fingerprint density at radius 1 is 1.57 bits per heavy atom. The van der Waals surface area contributed by atoms with Gasteiger partial charge in [0.1, 0.15) is 6.10 Å². The van der Waals surface area contributed by atoms with Crippen molar-refractivity contribution in [3.63, 3.8) is 0 Å². The van der Waals surface area contributed by atoms with Crippen LogP contribution in [0.15, 0.2) is 23.1 Å². The molecule has 0 bridgehead atoms. The summed E-state index contributed by atoms with van der Waals surface area (Å²) >= 11 is 6.94. The SMILES string of the molecule is O=C(Nc1cccc(Cl)c1SCC(F)F)C1CNCCO1. The summed E-state index contributed by atoms with van der Waals surface area (Å²) in [5.74, 6) is -0.697. The Kier molecular flexibility index (Phi) is 6.22. The summed E-state index contributed by atoms with van der Waals surface area (Å²) in [6.45, 7) is 1.59. The number of morpholine rings is 1. The largest absolute Gasteiger partial charge is 0.366 e. The van der Waals surface area contributed by atoms with Crippen molar-refractivity contribution in [3.8, 4) is 0 Å². The van der Waals surface area contributed by atoms with Crippen LogP contribution in [-0.2, 0) is 9.53 Å². The molecule has 0 saturated carbocycles. The predicted octanol–water partition coefficient (Wildman–Crippen LogP) is 2.62. The zero-order valence-electron chi connectivity index (χ0n) is 11.1. The summed E-state index contributed by atoms with van der Waals surface area (Å²) in [5, 5.41) is 6.08. The monoisotopic (exact) mass is 336 g/mol. The maximum Gasteiger partial charge on any atom is 0.254 e. The summed E-state index contributed by atoms with van der Waals surface area (Å²) in [7, 11) is 0. The zero-order valence-corrected chi connectivity index (χ0v) is 12.6. The molecule has 1 saturated heterocycles. The van der Waals surface area contributed by atoms with Crippen molar-refractivity contribution in [3.05, 3.63) is 23.2 Å². The third-order valence-electron chi connectivity index (χ3n) is 2.80. The van der Waals surface area contributed by atoms with Gasteiger partial charge in [0.25, 0.3) is 5.91 Å². The number of nitrogens with one attached hydrogen (secondary N) is 2. The Balaban J connectivity index is 2.07. The average Bonchev–Trinajstić information content (AvgIpc) is 2.47. The molecule has 4 nitrogen and oxygen atoms in total. The Bertz CT molecular complexity index is 499. The van der Waals surface area contributed by atoms with Crippen molar-refractivity contribution < 1.29 is 18.3 Å². The molecule has 0 radical (unpaired) electrons. The number of hydrogen-bond donors (Lipinski definition) is 2. The smallest absolute Gasteiger partial charge is 0.254 e. The van der Waals surface area contributed by atoms with E-state index in [2.05, 4.69) is 10.6 Å². The van der Waals surface area contributed by atoms with Crippen LogP contribution >= 0.6 is 23.4 Å². The van der Waals surface area contributed by atoms with Gasteiger partial charge in [-0.15, -0.1) is 11.8 Å². The molecule has 0 spiro atoms. The van der Waals surface area contributed by atoms with Crippen molar-refractivity contribution in [2.24, 2.45) is 0 Å². The molecule has 1 aromatic rings. The van der Waals surface area contributed by atoms with E-state index in [-0.39, 0.29) is 11.7 Å². The maximum absolute atomic E-state index is 12.4. The lowest BCUT2D eigenvalue weighted by Crippen LogP contribution is -2.45. The number of alkyl halides is 2. The molecule has 2 rings (SSSR count). The first-order valence-corrected chi connectivity index (χ1v) is 7.77. The molecular formula is C13H15ClF2N2O2S. The molecule has 1 fully saturated rings. The van der Waals surface area contributed by atoms with E-state index >= 15 is 0 Å². The van der Waals surface area contributed by atoms with E-state index in [0.29, 0.717) is 35.3 Å². The number of hydrogen-bond acceptors (Lipinski definition) is 4. The topological polar surface area (TPSA) is 50.4 Å². The molecular weight excluding hydrogens is 322 g/mol. The van der Waals surface area contributed by atoms with Gasteiger partial charge in [0.05, 0.1) is 23.1 Å². The fourth-order valence-electron chi connectivity index (χ4n) is 1.85. The second kappa shape index (κ2) is 7.93. The summed E-state index contributed by atoms with van der Waals surface area (Å²) in [6.07, 6.45) is -3.04. The molecule has 1 heterocycles. The molecule has 8 heteroatoms. The Morgan fingerprint density at radius 2 is 2.38 bits per heavy atom. The summed E-state index contributed by atoms with van der Waals surface area (Å²) in [4.78, 5) is 12.5. The maximum atomic E-state index is 12.4. The summed E-state index contributed by atoms with van der Waals surface area (Å²) in [6, 6.07) is 4.89. The minimum Gasteiger partial charge on any atom is -0.366 e. The van der Waals surface area contributed by atoms with Crippen molar-refractivity contribution >= 4 is 35.0 Å². The van der Waals surface area contributed by atoms with E-state index < -0.39 is 12.5 Å². The van der Waals surface area contributed by atoms with Gasteiger partial charge >= 0.3 is 0 Å². The van der Waals surface area contributed by atoms with Gasteiger partial charge in [-0.3, -0.25) is 4.79 Å². The molecule has 0 aliphatic carbocycles. The molecule has 2 N–H and O–H groups in total. The van der Waals surface area contributed by atoms with Crippen LogP contribution in [0.3, 0.4) is 0 Å². The predicted molar refractivity (Wildman–Crippen MR) is 79.4 cm³/mol. The highest BCUT2D eigenvalue weighted by atomic mass is 35.5. The number of halogens is 3. The highest BCUT2D eigenvalue weighted by molar-refractivity contribution is 7.99. The van der Waals surface area contributed by atoms with Gasteiger partial charge in [-0.1, -0.05) is 17.7 Å². The zero-order chi connectivity index (χ0) is 15.2. The van der Waals surface area contributed by atoms with Gasteiger partial charge in [-0.05, 0) is 12.1 Å². The molecule has 1 aromatic carbocycles. The normalized spacial score (nSPS) is 18.8. The first-order chi connectivity index (χ1) is 10.1. The highest BCUT2D eigenvalue weighted by Crippen LogP contribution is 2.35. The number of carbonyl (C=O) groups excluding carboxylic acids is 1. The van der Waals surface area contributed by atoms with Crippen molar-refractivity contribution in [2.45, 2.75) is 17.4 Å². The van der Waals surface area contributed by atoms with Crippen LogP contribution in [0, 0.1) is 0 Å². The first-order valence-electron chi connectivity index (χ1n) is 6.40. The minimum atomic E-state index is -2.44. The van der Waals surface area contributed by atoms with Crippen LogP contribution < -0.4 is 10.6 Å². The van der Waals surface area contributed by atoms with E-state index in [1.54, 1.807) is 18.2 Å². The number of thioether (sulfide) groups is 1. The lowest BCUT2D eigenvalue weighted by atomic mass is 10.2.